The van der Waals surface area contributed by atoms with Gasteiger partial charge in [0.2, 0.25) is 0 Å². The number of amides is 2. The first kappa shape index (κ1) is 29.7. The Hall–Kier alpha value is -3.50. The van der Waals surface area contributed by atoms with Gasteiger partial charge in [0.15, 0.2) is 0 Å². The number of anilines is 1. The molecule has 2 heterocycles. The van der Waals surface area contributed by atoms with Gasteiger partial charge in [-0.15, -0.1) is 0 Å². The summed E-state index contributed by atoms with van der Waals surface area (Å²) >= 11 is 0. The van der Waals surface area contributed by atoms with Gasteiger partial charge in [-0.05, 0) is 64.5 Å². The number of nitrogens with zero attached hydrogens (tertiary/aromatic N) is 1. The Kier molecular flexibility index (Phi) is 10.2. The normalized spacial score (nSPS) is 14.5. The molecule has 1 aromatic heterocycles. The standard InChI is InChI=1S/C23H29FN4O2.C4H8O3/c1-6-28(5,7-2)11-10-25-23(30)21-14(3)20(26-15(21)4)13-18-17-12-16(24)8-9-19(17)27-22(18)29;1-3(5)2-4(6)7/h8-9,12-13H,6-7,10-11H2,1-5H3,(H2-,25,26,27,29,30);3,5H,2H2,1H3,(H,6,7)/p+1. The first-order chi connectivity index (χ1) is 17.3. The Labute approximate surface area is 217 Å². The number of aliphatic hydroxyl groups excluding tert-OH is 1. The maximum atomic E-state index is 13.7. The number of carbonyl (C=O) groups excluding carboxylic acids is 2. The quantitative estimate of drug-likeness (QED) is 0.257. The Morgan fingerprint density at radius 1 is 1.22 bits per heavy atom. The van der Waals surface area contributed by atoms with Gasteiger partial charge in [-0.25, -0.2) is 4.39 Å². The summed E-state index contributed by atoms with van der Waals surface area (Å²) in [6, 6.07) is 4.21. The summed E-state index contributed by atoms with van der Waals surface area (Å²) in [5.74, 6) is -1.79. The number of aromatic amines is 1. The second-order valence-corrected chi connectivity index (χ2v) is 9.54. The molecule has 1 atom stereocenters. The van der Waals surface area contributed by atoms with Crippen LogP contribution in [0.1, 0.15) is 60.1 Å². The highest BCUT2D eigenvalue weighted by molar-refractivity contribution is 6.34. The van der Waals surface area contributed by atoms with Gasteiger partial charge >= 0.3 is 5.97 Å². The number of H-pyrrole nitrogens is 1. The van der Waals surface area contributed by atoms with Crippen molar-refractivity contribution in [1.82, 2.24) is 10.3 Å². The number of aryl methyl sites for hydroxylation is 1. The van der Waals surface area contributed by atoms with Crippen LogP contribution in [0.3, 0.4) is 0 Å². The zero-order chi connectivity index (χ0) is 27.9. The molecule has 5 N–H and O–H groups in total. The van der Waals surface area contributed by atoms with Crippen molar-refractivity contribution in [2.75, 3.05) is 38.5 Å². The zero-order valence-corrected chi connectivity index (χ0v) is 22.4. The highest BCUT2D eigenvalue weighted by atomic mass is 19.1. The highest BCUT2D eigenvalue weighted by Crippen LogP contribution is 2.34. The smallest absolute Gasteiger partial charge is 0.305 e. The van der Waals surface area contributed by atoms with Crippen LogP contribution in [0, 0.1) is 19.7 Å². The lowest BCUT2D eigenvalue weighted by atomic mass is 10.0. The van der Waals surface area contributed by atoms with E-state index in [2.05, 4.69) is 36.5 Å². The molecule has 0 spiro atoms. The Morgan fingerprint density at radius 2 is 1.86 bits per heavy atom. The van der Waals surface area contributed by atoms with Crippen LogP contribution >= 0.6 is 0 Å². The second kappa shape index (κ2) is 12.6. The molecule has 37 heavy (non-hydrogen) atoms. The van der Waals surface area contributed by atoms with Crippen molar-refractivity contribution in [3.05, 3.63) is 52.1 Å². The van der Waals surface area contributed by atoms with E-state index in [1.54, 1.807) is 12.1 Å². The molecule has 0 saturated heterocycles. The van der Waals surface area contributed by atoms with Crippen LogP contribution in [-0.4, -0.2) is 76.8 Å². The van der Waals surface area contributed by atoms with E-state index in [-0.39, 0.29) is 18.2 Å². The number of halogens is 1. The van der Waals surface area contributed by atoms with E-state index >= 15 is 0 Å². The second-order valence-electron chi connectivity index (χ2n) is 9.54. The fourth-order valence-corrected chi connectivity index (χ4v) is 4.03. The van der Waals surface area contributed by atoms with Crippen LogP contribution in [0.5, 0.6) is 0 Å². The van der Waals surface area contributed by atoms with Crippen molar-refractivity contribution in [3.63, 3.8) is 0 Å². The largest absolute Gasteiger partial charge is 0.481 e. The van der Waals surface area contributed by atoms with Crippen LogP contribution < -0.4 is 10.6 Å². The number of aromatic nitrogens is 1. The summed E-state index contributed by atoms with van der Waals surface area (Å²) in [4.78, 5) is 38.0. The topological polar surface area (TPSA) is 132 Å². The molecule has 9 nitrogen and oxygen atoms in total. The molecule has 0 saturated carbocycles. The predicted molar refractivity (Wildman–Crippen MR) is 142 cm³/mol. The Morgan fingerprint density at radius 3 is 2.41 bits per heavy atom. The number of carboxylic acids is 1. The molecule has 0 aliphatic carbocycles. The number of hydrogen-bond donors (Lipinski definition) is 5. The molecular weight excluding hydrogens is 479 g/mol. The number of benzene rings is 1. The van der Waals surface area contributed by atoms with E-state index in [0.717, 1.165) is 35.4 Å². The van der Waals surface area contributed by atoms with Crippen LogP contribution in [-0.2, 0) is 9.59 Å². The minimum absolute atomic E-state index is 0.132. The maximum absolute atomic E-state index is 13.7. The average molecular weight is 518 g/mol. The summed E-state index contributed by atoms with van der Waals surface area (Å²) in [6.45, 7) is 12.9. The number of quaternary nitrogens is 1. The number of carboxylic acid groups (broad SMARTS) is 1. The Bertz CT molecular complexity index is 1180. The lowest BCUT2D eigenvalue weighted by molar-refractivity contribution is -0.904. The van der Waals surface area contributed by atoms with Gasteiger partial charge in [-0.3, -0.25) is 14.4 Å². The molecule has 0 fully saturated rings. The minimum Gasteiger partial charge on any atom is -0.481 e. The van der Waals surface area contributed by atoms with Crippen molar-refractivity contribution >= 4 is 35.1 Å². The lowest BCUT2D eigenvalue weighted by Gasteiger charge is -2.32. The van der Waals surface area contributed by atoms with Gasteiger partial charge in [-0.1, -0.05) is 0 Å². The van der Waals surface area contributed by atoms with E-state index in [9.17, 15) is 18.8 Å². The summed E-state index contributed by atoms with van der Waals surface area (Å²) < 4.78 is 14.6. The van der Waals surface area contributed by atoms with Crippen molar-refractivity contribution in [3.8, 4) is 0 Å². The van der Waals surface area contributed by atoms with Gasteiger partial charge < -0.3 is 30.3 Å². The fraction of sp³-hybridized carbons (Fsp3) is 0.444. The molecule has 2 amide bonds. The maximum Gasteiger partial charge on any atom is 0.305 e. The fourth-order valence-electron chi connectivity index (χ4n) is 4.03. The van der Waals surface area contributed by atoms with Gasteiger partial charge in [0.25, 0.3) is 11.8 Å². The summed E-state index contributed by atoms with van der Waals surface area (Å²) in [7, 11) is 2.18. The zero-order valence-electron chi connectivity index (χ0n) is 22.4. The molecule has 3 rings (SSSR count). The predicted octanol–water partition coefficient (Wildman–Crippen LogP) is 3.32. The summed E-state index contributed by atoms with van der Waals surface area (Å²) in [6.07, 6.45) is 0.791. The van der Waals surface area contributed by atoms with Gasteiger partial charge in [0.1, 0.15) is 5.82 Å². The van der Waals surface area contributed by atoms with Crippen molar-refractivity contribution in [1.29, 1.82) is 0 Å². The van der Waals surface area contributed by atoms with E-state index < -0.39 is 17.9 Å². The van der Waals surface area contributed by atoms with Crippen LogP contribution in [0.4, 0.5) is 10.1 Å². The van der Waals surface area contributed by atoms with Crippen molar-refractivity contribution in [2.24, 2.45) is 0 Å². The molecule has 0 radical (unpaired) electrons. The Balaban J connectivity index is 0.000000604. The van der Waals surface area contributed by atoms with Crippen molar-refractivity contribution < 1.29 is 33.5 Å². The third-order valence-electron chi connectivity index (χ3n) is 6.69. The number of likely N-dealkylation sites (N-methyl/N-ethyl adjacent to an activating group) is 1. The molecule has 10 heteroatoms. The molecular formula is C27H38FN4O5+. The van der Waals surface area contributed by atoms with Gasteiger partial charge in [-0.2, -0.15) is 0 Å². The first-order valence-corrected chi connectivity index (χ1v) is 12.4. The minimum atomic E-state index is -0.963. The molecule has 1 aliphatic heterocycles. The van der Waals surface area contributed by atoms with Gasteiger partial charge in [0.05, 0.1) is 56.9 Å². The van der Waals surface area contributed by atoms with E-state index in [1.807, 2.05) is 13.8 Å². The molecule has 2 aromatic rings. The molecule has 1 aliphatic rings. The summed E-state index contributed by atoms with van der Waals surface area (Å²) in [5.41, 5.74) is 4.23. The highest BCUT2D eigenvalue weighted by Gasteiger charge is 2.26. The number of nitrogens with one attached hydrogen (secondary N) is 3. The van der Waals surface area contributed by atoms with Crippen LogP contribution in [0.15, 0.2) is 18.2 Å². The number of carbonyl (C=O) groups is 3. The SMILES string of the molecule is CC(O)CC(=O)O.CC[N+](C)(CC)CCNC(=O)c1c(C)[nH]c(/C=C2\C(=O)Nc3ccc(F)cc32)c1C. The molecule has 1 aromatic carbocycles. The number of fused-ring (bicyclic) bond motifs is 1. The molecule has 202 valence electrons. The third-order valence-corrected chi connectivity index (χ3v) is 6.69. The third kappa shape index (κ3) is 7.74. The van der Waals surface area contributed by atoms with E-state index in [1.165, 1.54) is 19.1 Å². The van der Waals surface area contributed by atoms with Crippen molar-refractivity contribution in [2.45, 2.75) is 47.1 Å². The average Bonchev–Trinajstić information content (AvgIpc) is 3.27. The number of rotatable bonds is 9. The van der Waals surface area contributed by atoms with Crippen LogP contribution in [0.2, 0.25) is 0 Å². The lowest BCUT2D eigenvalue weighted by Crippen LogP contribution is -2.48. The molecule has 0 bridgehead atoms. The number of aliphatic hydroxyl groups is 1. The van der Waals surface area contributed by atoms with Crippen LogP contribution in [0.25, 0.3) is 11.6 Å². The number of aliphatic carboxylic acids is 1. The monoisotopic (exact) mass is 517 g/mol. The first-order valence-electron chi connectivity index (χ1n) is 12.4. The number of hydrogen-bond acceptors (Lipinski definition) is 4. The molecule has 1 unspecified atom stereocenters. The summed E-state index contributed by atoms with van der Waals surface area (Å²) in [5, 5.41) is 22.0. The van der Waals surface area contributed by atoms with Gasteiger partial charge in [0, 0.05) is 22.6 Å². The van der Waals surface area contributed by atoms with E-state index in [0.29, 0.717) is 34.6 Å². The van der Waals surface area contributed by atoms with E-state index in [4.69, 9.17) is 10.2 Å².